The van der Waals surface area contributed by atoms with Crippen molar-refractivity contribution in [1.29, 1.82) is 0 Å². The van der Waals surface area contributed by atoms with E-state index in [4.69, 9.17) is 25.8 Å². The summed E-state index contributed by atoms with van der Waals surface area (Å²) in [6.45, 7) is 7.10. The second-order valence-electron chi connectivity index (χ2n) is 16.5. The first-order valence-corrected chi connectivity index (χ1v) is 21.2. The SMILES string of the molecule is COc1ccc(C[C@H](NC(=O)[C@H](C)CC(=O)[C@H](c2ccc(OC)cc2)N(C)C(=O)[C@H](CCCCNC(=O)OC(C)(C)C)CC(=O)c2ccc(-c3ccc(Cl)cc3)cc2)C(=O)O)cc1. The lowest BCUT2D eigenvalue weighted by Gasteiger charge is -2.31. The molecule has 4 atom stereocenters. The number of hydrogen-bond donors (Lipinski definition) is 3. The number of halogens is 1. The molecule has 0 saturated carbocycles. The van der Waals surface area contributed by atoms with Gasteiger partial charge in [0, 0.05) is 55.3 Å². The van der Waals surface area contributed by atoms with Gasteiger partial charge in [-0.15, -0.1) is 0 Å². The normalized spacial score (nSPS) is 13.1. The van der Waals surface area contributed by atoms with E-state index in [9.17, 15) is 33.9 Å². The number of Topliss-reactive ketones (excluding diaryl/α,β-unsaturated/α-hetero) is 2. The maximum absolute atomic E-state index is 14.6. The average molecular weight is 884 g/mol. The van der Waals surface area contributed by atoms with E-state index in [-0.39, 0.29) is 38.0 Å². The molecule has 336 valence electrons. The molecule has 0 heterocycles. The predicted molar refractivity (Wildman–Crippen MR) is 241 cm³/mol. The molecule has 4 rings (SSSR count). The number of hydrogen-bond acceptors (Lipinski definition) is 9. The lowest BCUT2D eigenvalue weighted by molar-refractivity contribution is -0.144. The Morgan fingerprint density at radius 3 is 1.86 bits per heavy atom. The van der Waals surface area contributed by atoms with Crippen LogP contribution in [0.2, 0.25) is 5.02 Å². The van der Waals surface area contributed by atoms with Crippen LogP contribution in [0.25, 0.3) is 11.1 Å². The van der Waals surface area contributed by atoms with E-state index < -0.39 is 59.2 Å². The fourth-order valence-electron chi connectivity index (χ4n) is 7.01. The Morgan fingerprint density at radius 2 is 1.32 bits per heavy atom. The summed E-state index contributed by atoms with van der Waals surface area (Å²) < 4.78 is 15.8. The van der Waals surface area contributed by atoms with E-state index in [1.165, 1.54) is 33.1 Å². The summed E-state index contributed by atoms with van der Waals surface area (Å²) in [4.78, 5) is 82.2. The molecular formula is C49H58ClN3O10. The molecule has 4 aromatic rings. The minimum absolute atomic E-state index is 0.00111. The smallest absolute Gasteiger partial charge is 0.407 e. The first-order chi connectivity index (χ1) is 29.9. The summed E-state index contributed by atoms with van der Waals surface area (Å²) in [6.07, 6.45) is 0.168. The van der Waals surface area contributed by atoms with Crippen LogP contribution in [0.1, 0.15) is 87.3 Å². The van der Waals surface area contributed by atoms with E-state index in [0.29, 0.717) is 46.1 Å². The van der Waals surface area contributed by atoms with Crippen molar-refractivity contribution >= 4 is 47.0 Å². The van der Waals surface area contributed by atoms with Crippen molar-refractivity contribution in [2.24, 2.45) is 11.8 Å². The Kier molecular flexibility index (Phi) is 18.3. The van der Waals surface area contributed by atoms with E-state index in [2.05, 4.69) is 10.6 Å². The zero-order chi connectivity index (χ0) is 46.3. The summed E-state index contributed by atoms with van der Waals surface area (Å²) in [5, 5.41) is 15.9. The highest BCUT2D eigenvalue weighted by molar-refractivity contribution is 6.30. The second-order valence-corrected chi connectivity index (χ2v) is 16.9. The molecule has 0 aliphatic rings. The average Bonchev–Trinajstić information content (AvgIpc) is 3.25. The number of methoxy groups -OCH3 is 2. The van der Waals surface area contributed by atoms with Crippen molar-refractivity contribution in [2.45, 2.75) is 83.9 Å². The van der Waals surface area contributed by atoms with E-state index >= 15 is 0 Å². The molecule has 0 aliphatic heterocycles. The van der Waals surface area contributed by atoms with Gasteiger partial charge >= 0.3 is 12.1 Å². The number of nitrogens with zero attached hydrogens (tertiary/aromatic N) is 1. The fraction of sp³-hybridized carbons (Fsp3) is 0.388. The molecule has 0 radical (unpaired) electrons. The van der Waals surface area contributed by atoms with Crippen LogP contribution in [-0.4, -0.2) is 84.9 Å². The number of carbonyl (C=O) groups is 6. The molecule has 0 fully saturated rings. The third kappa shape index (κ3) is 15.3. The Labute approximate surface area is 374 Å². The summed E-state index contributed by atoms with van der Waals surface area (Å²) in [5.41, 5.74) is 2.66. The first-order valence-electron chi connectivity index (χ1n) is 20.8. The largest absolute Gasteiger partial charge is 0.497 e. The van der Waals surface area contributed by atoms with Crippen molar-refractivity contribution in [3.8, 4) is 22.6 Å². The van der Waals surface area contributed by atoms with Gasteiger partial charge < -0.3 is 34.9 Å². The van der Waals surface area contributed by atoms with Gasteiger partial charge in [-0.1, -0.05) is 85.6 Å². The van der Waals surface area contributed by atoms with E-state index in [0.717, 1.165) is 11.1 Å². The minimum Gasteiger partial charge on any atom is -0.497 e. The molecule has 3 amide bonds. The fourth-order valence-corrected chi connectivity index (χ4v) is 7.14. The number of unbranched alkanes of at least 4 members (excludes halogenated alkanes) is 1. The number of nitrogens with one attached hydrogen (secondary N) is 2. The number of carbonyl (C=O) groups excluding carboxylic acids is 5. The maximum Gasteiger partial charge on any atom is 0.407 e. The van der Waals surface area contributed by atoms with Crippen LogP contribution < -0.4 is 20.1 Å². The van der Waals surface area contributed by atoms with Gasteiger partial charge in [-0.2, -0.15) is 0 Å². The quantitative estimate of drug-likeness (QED) is 0.0512. The molecule has 0 bridgehead atoms. The lowest BCUT2D eigenvalue weighted by atomic mass is 9.89. The van der Waals surface area contributed by atoms with Crippen molar-refractivity contribution in [1.82, 2.24) is 15.5 Å². The highest BCUT2D eigenvalue weighted by Crippen LogP contribution is 2.30. The molecule has 3 N–H and O–H groups in total. The number of carboxylic acid groups (broad SMARTS) is 1. The van der Waals surface area contributed by atoms with Crippen LogP contribution in [0.15, 0.2) is 97.1 Å². The van der Waals surface area contributed by atoms with Gasteiger partial charge in [0.05, 0.1) is 14.2 Å². The zero-order valence-electron chi connectivity index (χ0n) is 36.9. The summed E-state index contributed by atoms with van der Waals surface area (Å²) in [7, 11) is 4.52. The number of alkyl carbamates (subject to hydrolysis) is 1. The first kappa shape index (κ1) is 49.4. The monoisotopic (exact) mass is 883 g/mol. The highest BCUT2D eigenvalue weighted by Gasteiger charge is 2.35. The van der Waals surface area contributed by atoms with Crippen LogP contribution in [0.5, 0.6) is 11.5 Å². The minimum atomic E-state index is -1.27. The second kappa shape index (κ2) is 23.3. The Hall–Kier alpha value is -6.21. The van der Waals surface area contributed by atoms with Gasteiger partial charge in [-0.05, 0) is 92.3 Å². The Balaban J connectivity index is 1.55. The number of benzene rings is 4. The molecule has 0 aromatic heterocycles. The van der Waals surface area contributed by atoms with Gasteiger partial charge in [-0.25, -0.2) is 9.59 Å². The van der Waals surface area contributed by atoms with Gasteiger partial charge in [0.15, 0.2) is 11.6 Å². The van der Waals surface area contributed by atoms with Crippen molar-refractivity contribution in [3.05, 3.63) is 119 Å². The van der Waals surface area contributed by atoms with Crippen LogP contribution in [-0.2, 0) is 30.3 Å². The summed E-state index contributed by atoms with van der Waals surface area (Å²) >= 11 is 6.07. The lowest BCUT2D eigenvalue weighted by Crippen LogP contribution is -2.45. The van der Waals surface area contributed by atoms with Crippen molar-refractivity contribution in [2.75, 3.05) is 27.8 Å². The molecule has 13 nitrogen and oxygen atoms in total. The van der Waals surface area contributed by atoms with Crippen LogP contribution >= 0.6 is 11.6 Å². The number of amides is 3. The topological polar surface area (TPSA) is 178 Å². The Bertz CT molecular complexity index is 2170. The predicted octanol–water partition coefficient (Wildman–Crippen LogP) is 8.52. The molecule has 0 saturated heterocycles. The standard InChI is InChI=1S/C49H58ClN3O10/c1-31(45(56)52-41(47(58)59)29-32-11-23-39(61-6)24-12-32)28-43(55)44(36-19-25-40(62-7)26-20-36)53(5)46(57)37(10-8-9-27-51-48(60)63-49(2,3)4)30-42(54)35-15-13-33(14-16-35)34-17-21-38(50)22-18-34/h11-26,31,37,41,44H,8-10,27-30H2,1-7H3,(H,51,60)(H,52,56)(H,58,59)/t31-,37-,41+,44+/m1/s1. The third-order valence-corrected chi connectivity index (χ3v) is 10.7. The Morgan fingerprint density at radius 1 is 0.762 bits per heavy atom. The van der Waals surface area contributed by atoms with Crippen molar-refractivity contribution in [3.63, 3.8) is 0 Å². The zero-order valence-corrected chi connectivity index (χ0v) is 37.7. The molecule has 0 unspecified atom stereocenters. The third-order valence-electron chi connectivity index (χ3n) is 10.5. The molecule has 4 aromatic carbocycles. The number of carboxylic acids is 1. The summed E-state index contributed by atoms with van der Waals surface area (Å²) in [6, 6.07) is 25.4. The van der Waals surface area contributed by atoms with Crippen LogP contribution in [0, 0.1) is 11.8 Å². The number of ketones is 2. The van der Waals surface area contributed by atoms with Gasteiger partial charge in [0.2, 0.25) is 11.8 Å². The maximum atomic E-state index is 14.6. The van der Waals surface area contributed by atoms with Crippen LogP contribution in [0.4, 0.5) is 4.79 Å². The van der Waals surface area contributed by atoms with E-state index in [1.807, 2.05) is 24.3 Å². The van der Waals surface area contributed by atoms with Gasteiger partial charge in [-0.3, -0.25) is 19.2 Å². The van der Waals surface area contributed by atoms with Gasteiger partial charge in [0.1, 0.15) is 29.2 Å². The number of rotatable bonds is 22. The molecule has 0 aliphatic carbocycles. The number of ether oxygens (including phenoxy) is 3. The summed E-state index contributed by atoms with van der Waals surface area (Å²) in [5.74, 6) is -3.78. The molecular weight excluding hydrogens is 826 g/mol. The molecule has 0 spiro atoms. The highest BCUT2D eigenvalue weighted by atomic mass is 35.5. The van der Waals surface area contributed by atoms with Crippen LogP contribution in [0.3, 0.4) is 0 Å². The van der Waals surface area contributed by atoms with E-state index in [1.54, 1.807) is 93.6 Å². The van der Waals surface area contributed by atoms with Gasteiger partial charge in [0.25, 0.3) is 0 Å². The number of likely N-dealkylation sites (N-methyl/N-ethyl adjacent to an activating group) is 1. The number of aliphatic carboxylic acids is 1. The molecule has 14 heteroatoms. The molecule has 63 heavy (non-hydrogen) atoms. The van der Waals surface area contributed by atoms with Crippen molar-refractivity contribution < 1.29 is 48.1 Å².